The number of cyclic esters (lactones) is 1. The number of likely N-dealkylation sites (tertiary alicyclic amines) is 1. The van der Waals surface area contributed by atoms with Crippen LogP contribution in [-0.4, -0.2) is 55.2 Å². The standard InChI is InChI=1S/C11H17N3O5/c15-9-2-1-4-14(9)5-7-19-13-10(16)8-3-6-18-11(17)12-8/h8H,1-7H2,(H,12,17)(H,13,16). The fraction of sp³-hybridized carbons (Fsp3) is 0.727. The minimum atomic E-state index is -0.630. The molecule has 2 N–H and O–H groups in total. The molecule has 2 aliphatic heterocycles. The molecule has 2 aliphatic rings. The lowest BCUT2D eigenvalue weighted by Crippen LogP contribution is -2.50. The SMILES string of the molecule is O=C1NC(C(=O)NOCCN2CCCC2=O)CCO1. The lowest BCUT2D eigenvalue weighted by Gasteiger charge is -2.22. The number of nitrogens with zero attached hydrogens (tertiary/aromatic N) is 1. The van der Waals surface area contributed by atoms with Crippen molar-refractivity contribution in [2.75, 3.05) is 26.3 Å². The quantitative estimate of drug-likeness (QED) is 0.502. The predicted molar refractivity (Wildman–Crippen MR) is 62.8 cm³/mol. The van der Waals surface area contributed by atoms with E-state index in [0.717, 1.165) is 13.0 Å². The van der Waals surface area contributed by atoms with Crippen LogP contribution in [0.25, 0.3) is 0 Å². The predicted octanol–water partition coefficient (Wildman–Crippen LogP) is -0.845. The molecule has 1 atom stereocenters. The lowest BCUT2D eigenvalue weighted by atomic mass is 10.2. The number of nitrogens with one attached hydrogen (secondary N) is 2. The van der Waals surface area contributed by atoms with Crippen molar-refractivity contribution in [3.63, 3.8) is 0 Å². The van der Waals surface area contributed by atoms with Crippen LogP contribution in [0.2, 0.25) is 0 Å². The zero-order valence-corrected chi connectivity index (χ0v) is 10.5. The van der Waals surface area contributed by atoms with Gasteiger partial charge in [-0.2, -0.15) is 0 Å². The van der Waals surface area contributed by atoms with Crippen molar-refractivity contribution in [2.45, 2.75) is 25.3 Å². The van der Waals surface area contributed by atoms with E-state index >= 15 is 0 Å². The molecule has 106 valence electrons. The van der Waals surface area contributed by atoms with Crippen molar-refractivity contribution in [3.05, 3.63) is 0 Å². The van der Waals surface area contributed by atoms with Crippen LogP contribution in [-0.2, 0) is 19.2 Å². The van der Waals surface area contributed by atoms with Gasteiger partial charge in [-0.05, 0) is 6.42 Å². The van der Waals surface area contributed by atoms with Gasteiger partial charge in [-0.1, -0.05) is 0 Å². The van der Waals surface area contributed by atoms with Crippen LogP contribution in [0.4, 0.5) is 4.79 Å². The molecule has 0 aromatic rings. The second kappa shape index (κ2) is 6.37. The van der Waals surface area contributed by atoms with E-state index in [1.807, 2.05) is 0 Å². The van der Waals surface area contributed by atoms with Gasteiger partial charge in [-0.3, -0.25) is 14.4 Å². The average Bonchev–Trinajstić information content (AvgIpc) is 2.80. The molecule has 0 bridgehead atoms. The van der Waals surface area contributed by atoms with Crippen molar-refractivity contribution < 1.29 is 24.0 Å². The number of carbonyl (C=O) groups is 3. The zero-order valence-electron chi connectivity index (χ0n) is 10.5. The van der Waals surface area contributed by atoms with E-state index in [0.29, 0.717) is 19.4 Å². The minimum absolute atomic E-state index is 0.117. The summed E-state index contributed by atoms with van der Waals surface area (Å²) in [6.07, 6.45) is 1.26. The first-order valence-corrected chi connectivity index (χ1v) is 6.29. The van der Waals surface area contributed by atoms with Crippen LogP contribution in [0.15, 0.2) is 0 Å². The van der Waals surface area contributed by atoms with Crippen molar-refractivity contribution in [1.82, 2.24) is 15.7 Å². The topological polar surface area (TPSA) is 97.0 Å². The van der Waals surface area contributed by atoms with E-state index in [4.69, 9.17) is 4.84 Å². The summed E-state index contributed by atoms with van der Waals surface area (Å²) in [5.74, 6) is -0.295. The van der Waals surface area contributed by atoms with Crippen LogP contribution in [0.3, 0.4) is 0 Å². The molecule has 19 heavy (non-hydrogen) atoms. The fourth-order valence-corrected chi connectivity index (χ4v) is 2.01. The second-order valence-corrected chi connectivity index (χ2v) is 4.42. The Bertz CT molecular complexity index is 373. The number of hydrogen-bond donors (Lipinski definition) is 2. The van der Waals surface area contributed by atoms with Crippen LogP contribution in [0, 0.1) is 0 Å². The highest BCUT2D eigenvalue weighted by atomic mass is 16.7. The van der Waals surface area contributed by atoms with Gasteiger partial charge in [0.25, 0.3) is 5.91 Å². The first-order chi connectivity index (χ1) is 9.16. The molecule has 2 fully saturated rings. The third-order valence-corrected chi connectivity index (χ3v) is 3.06. The van der Waals surface area contributed by atoms with E-state index in [1.54, 1.807) is 4.90 Å². The van der Waals surface area contributed by atoms with Gasteiger partial charge in [0.05, 0.1) is 13.2 Å². The maximum absolute atomic E-state index is 11.6. The highest BCUT2D eigenvalue weighted by Gasteiger charge is 2.26. The lowest BCUT2D eigenvalue weighted by molar-refractivity contribution is -0.137. The summed E-state index contributed by atoms with van der Waals surface area (Å²) in [6, 6.07) is -0.630. The van der Waals surface area contributed by atoms with E-state index in [1.165, 1.54) is 0 Å². The molecule has 2 heterocycles. The largest absolute Gasteiger partial charge is 0.449 e. The van der Waals surface area contributed by atoms with Gasteiger partial charge in [0.2, 0.25) is 5.91 Å². The van der Waals surface area contributed by atoms with E-state index in [-0.39, 0.29) is 19.1 Å². The Morgan fingerprint density at radius 1 is 1.53 bits per heavy atom. The van der Waals surface area contributed by atoms with Gasteiger partial charge in [0, 0.05) is 25.9 Å². The van der Waals surface area contributed by atoms with Gasteiger partial charge < -0.3 is 15.0 Å². The molecule has 0 saturated carbocycles. The Balaban J connectivity index is 1.61. The van der Waals surface area contributed by atoms with Crippen LogP contribution >= 0.6 is 0 Å². The van der Waals surface area contributed by atoms with Crippen molar-refractivity contribution >= 4 is 17.9 Å². The summed E-state index contributed by atoms with van der Waals surface area (Å²) >= 11 is 0. The summed E-state index contributed by atoms with van der Waals surface area (Å²) in [5.41, 5.74) is 2.26. The maximum atomic E-state index is 11.6. The first-order valence-electron chi connectivity index (χ1n) is 6.29. The van der Waals surface area contributed by atoms with Crippen molar-refractivity contribution in [2.24, 2.45) is 0 Å². The molecule has 2 rings (SSSR count). The molecule has 1 unspecified atom stereocenters. The number of ether oxygens (including phenoxy) is 1. The number of rotatable bonds is 5. The summed E-state index contributed by atoms with van der Waals surface area (Å²) in [7, 11) is 0. The van der Waals surface area contributed by atoms with Crippen LogP contribution in [0.1, 0.15) is 19.3 Å². The number of alkyl carbamates (subject to hydrolysis) is 1. The Kier molecular flexibility index (Phi) is 4.56. The Morgan fingerprint density at radius 3 is 3.05 bits per heavy atom. The maximum Gasteiger partial charge on any atom is 0.407 e. The normalized spacial score (nSPS) is 22.9. The summed E-state index contributed by atoms with van der Waals surface area (Å²) in [6.45, 7) is 1.65. The van der Waals surface area contributed by atoms with Crippen LogP contribution < -0.4 is 10.8 Å². The molecule has 0 aromatic carbocycles. The number of carbonyl (C=O) groups excluding carboxylic acids is 3. The molecule has 0 spiro atoms. The molecule has 8 heteroatoms. The van der Waals surface area contributed by atoms with E-state index in [2.05, 4.69) is 15.5 Å². The smallest absolute Gasteiger partial charge is 0.407 e. The van der Waals surface area contributed by atoms with Gasteiger partial charge in [0.15, 0.2) is 0 Å². The van der Waals surface area contributed by atoms with E-state index in [9.17, 15) is 14.4 Å². The highest BCUT2D eigenvalue weighted by Crippen LogP contribution is 2.08. The third kappa shape index (κ3) is 3.82. The molecular formula is C11H17N3O5. The molecule has 3 amide bonds. The van der Waals surface area contributed by atoms with Gasteiger partial charge in [-0.15, -0.1) is 0 Å². The summed E-state index contributed by atoms with van der Waals surface area (Å²) in [4.78, 5) is 40.5. The van der Waals surface area contributed by atoms with Crippen molar-refractivity contribution in [1.29, 1.82) is 0 Å². The Morgan fingerprint density at radius 2 is 2.37 bits per heavy atom. The Hall–Kier alpha value is -1.83. The van der Waals surface area contributed by atoms with E-state index < -0.39 is 18.0 Å². The number of hydrogen-bond acceptors (Lipinski definition) is 5. The number of amides is 3. The highest BCUT2D eigenvalue weighted by molar-refractivity contribution is 5.85. The monoisotopic (exact) mass is 271 g/mol. The minimum Gasteiger partial charge on any atom is -0.449 e. The second-order valence-electron chi connectivity index (χ2n) is 4.42. The number of hydroxylamine groups is 1. The molecular weight excluding hydrogens is 254 g/mol. The first kappa shape index (κ1) is 13.6. The molecule has 0 aliphatic carbocycles. The average molecular weight is 271 g/mol. The zero-order chi connectivity index (χ0) is 13.7. The summed E-state index contributed by atoms with van der Waals surface area (Å²) in [5, 5.41) is 2.39. The molecule has 2 saturated heterocycles. The fourth-order valence-electron chi connectivity index (χ4n) is 2.01. The van der Waals surface area contributed by atoms with Gasteiger partial charge in [-0.25, -0.2) is 10.3 Å². The molecule has 8 nitrogen and oxygen atoms in total. The van der Waals surface area contributed by atoms with Crippen LogP contribution in [0.5, 0.6) is 0 Å². The summed E-state index contributed by atoms with van der Waals surface area (Å²) < 4.78 is 4.65. The third-order valence-electron chi connectivity index (χ3n) is 3.06. The van der Waals surface area contributed by atoms with Gasteiger partial charge in [0.1, 0.15) is 6.04 Å². The Labute approximate surface area is 110 Å². The molecule has 0 radical (unpaired) electrons. The van der Waals surface area contributed by atoms with Gasteiger partial charge >= 0.3 is 6.09 Å². The van der Waals surface area contributed by atoms with Crippen molar-refractivity contribution in [3.8, 4) is 0 Å². The molecule has 0 aromatic heterocycles.